The SMILES string of the molecule is COc1ccc(C(=O)NCCNC(=O)COc2ccccc2OC)cc1. The summed E-state index contributed by atoms with van der Waals surface area (Å²) in [6.45, 7) is 0.480. The second-order valence-electron chi connectivity index (χ2n) is 5.27. The summed E-state index contributed by atoms with van der Waals surface area (Å²) in [5, 5.41) is 5.40. The maximum Gasteiger partial charge on any atom is 0.258 e. The van der Waals surface area contributed by atoms with Crippen molar-refractivity contribution in [3.8, 4) is 17.2 Å². The van der Waals surface area contributed by atoms with Gasteiger partial charge in [0.2, 0.25) is 0 Å². The van der Waals surface area contributed by atoms with E-state index in [9.17, 15) is 9.59 Å². The molecule has 2 aromatic rings. The van der Waals surface area contributed by atoms with Gasteiger partial charge in [0.25, 0.3) is 11.8 Å². The smallest absolute Gasteiger partial charge is 0.258 e. The number of hydrogen-bond donors (Lipinski definition) is 2. The van der Waals surface area contributed by atoms with Crippen LogP contribution in [0.1, 0.15) is 10.4 Å². The maximum atomic E-state index is 12.0. The molecule has 2 N–H and O–H groups in total. The van der Waals surface area contributed by atoms with Gasteiger partial charge in [0, 0.05) is 18.7 Å². The third-order valence-corrected chi connectivity index (χ3v) is 3.51. The highest BCUT2D eigenvalue weighted by atomic mass is 16.5. The van der Waals surface area contributed by atoms with E-state index >= 15 is 0 Å². The van der Waals surface area contributed by atoms with Gasteiger partial charge < -0.3 is 24.8 Å². The number of hydrogen-bond acceptors (Lipinski definition) is 5. The summed E-state index contributed by atoms with van der Waals surface area (Å²) in [5.41, 5.74) is 0.525. The summed E-state index contributed by atoms with van der Waals surface area (Å²) in [7, 11) is 3.10. The molecule has 2 aromatic carbocycles. The first-order valence-electron chi connectivity index (χ1n) is 8.09. The van der Waals surface area contributed by atoms with Gasteiger partial charge in [0.15, 0.2) is 18.1 Å². The molecule has 0 heterocycles. The van der Waals surface area contributed by atoms with E-state index < -0.39 is 0 Å². The largest absolute Gasteiger partial charge is 0.497 e. The standard InChI is InChI=1S/C19H22N2O5/c1-24-15-9-7-14(8-10-15)19(23)21-12-11-20-18(22)13-26-17-6-4-3-5-16(17)25-2/h3-10H,11-13H2,1-2H3,(H,20,22)(H,21,23). The van der Waals surface area contributed by atoms with Crippen molar-refractivity contribution >= 4 is 11.8 Å². The van der Waals surface area contributed by atoms with Gasteiger partial charge in [0.05, 0.1) is 14.2 Å². The van der Waals surface area contributed by atoms with Crippen LogP contribution in [0.15, 0.2) is 48.5 Å². The van der Waals surface area contributed by atoms with E-state index in [1.54, 1.807) is 49.6 Å². The molecular weight excluding hydrogens is 336 g/mol. The lowest BCUT2D eigenvalue weighted by Crippen LogP contribution is -2.36. The summed E-state index contributed by atoms with van der Waals surface area (Å²) in [5.74, 6) is 1.25. The fourth-order valence-electron chi connectivity index (χ4n) is 2.15. The first-order chi connectivity index (χ1) is 12.6. The quantitative estimate of drug-likeness (QED) is 0.666. The minimum Gasteiger partial charge on any atom is -0.497 e. The average Bonchev–Trinajstić information content (AvgIpc) is 2.69. The molecule has 0 fully saturated rings. The Balaban J connectivity index is 1.67. The zero-order chi connectivity index (χ0) is 18.8. The fraction of sp³-hybridized carbons (Fsp3) is 0.263. The van der Waals surface area contributed by atoms with Crippen LogP contribution < -0.4 is 24.8 Å². The van der Waals surface area contributed by atoms with Crippen molar-refractivity contribution in [2.24, 2.45) is 0 Å². The maximum absolute atomic E-state index is 12.0. The number of amides is 2. The molecule has 0 spiro atoms. The topological polar surface area (TPSA) is 85.9 Å². The van der Waals surface area contributed by atoms with Crippen LogP contribution >= 0.6 is 0 Å². The van der Waals surface area contributed by atoms with Gasteiger partial charge in [-0.2, -0.15) is 0 Å². The molecular formula is C19H22N2O5. The molecule has 0 atom stereocenters. The second-order valence-corrected chi connectivity index (χ2v) is 5.27. The Morgan fingerprint density at radius 2 is 1.50 bits per heavy atom. The summed E-state index contributed by atoms with van der Waals surface area (Å²) >= 11 is 0. The highest BCUT2D eigenvalue weighted by Crippen LogP contribution is 2.25. The number of para-hydroxylation sites is 2. The van der Waals surface area contributed by atoms with Gasteiger partial charge in [-0.05, 0) is 36.4 Å². The molecule has 0 saturated carbocycles. The lowest BCUT2D eigenvalue weighted by Gasteiger charge is -2.11. The molecule has 138 valence electrons. The highest BCUT2D eigenvalue weighted by molar-refractivity contribution is 5.94. The van der Waals surface area contributed by atoms with E-state index in [4.69, 9.17) is 14.2 Å². The fourth-order valence-corrected chi connectivity index (χ4v) is 2.15. The average molecular weight is 358 g/mol. The third-order valence-electron chi connectivity index (χ3n) is 3.51. The van der Waals surface area contributed by atoms with Crippen LogP contribution in [-0.2, 0) is 4.79 Å². The molecule has 0 radical (unpaired) electrons. The van der Waals surface area contributed by atoms with Crippen LogP contribution in [0.3, 0.4) is 0 Å². The Hall–Kier alpha value is -3.22. The van der Waals surface area contributed by atoms with Crippen LogP contribution in [0.5, 0.6) is 17.2 Å². The van der Waals surface area contributed by atoms with Crippen molar-refractivity contribution in [2.75, 3.05) is 33.9 Å². The van der Waals surface area contributed by atoms with Gasteiger partial charge in [-0.3, -0.25) is 9.59 Å². The van der Waals surface area contributed by atoms with Crippen LogP contribution in [0, 0.1) is 0 Å². The van der Waals surface area contributed by atoms with Crippen molar-refractivity contribution < 1.29 is 23.8 Å². The zero-order valence-electron chi connectivity index (χ0n) is 14.8. The summed E-state index contributed by atoms with van der Waals surface area (Å²) < 4.78 is 15.6. The molecule has 0 aliphatic heterocycles. The monoisotopic (exact) mass is 358 g/mol. The number of carbonyl (C=O) groups is 2. The van der Waals surface area contributed by atoms with Crippen LogP contribution in [0.2, 0.25) is 0 Å². The minimum atomic E-state index is -0.283. The van der Waals surface area contributed by atoms with Gasteiger partial charge in [-0.1, -0.05) is 12.1 Å². The van der Waals surface area contributed by atoms with Gasteiger partial charge in [0.1, 0.15) is 5.75 Å². The molecule has 2 rings (SSSR count). The summed E-state index contributed by atoms with van der Waals surface area (Å²) in [6, 6.07) is 13.9. The highest BCUT2D eigenvalue weighted by Gasteiger charge is 2.08. The summed E-state index contributed by atoms with van der Waals surface area (Å²) in [4.78, 5) is 23.8. The molecule has 7 nitrogen and oxygen atoms in total. The Bertz CT molecular complexity index is 731. The second kappa shape index (κ2) is 9.93. The first-order valence-corrected chi connectivity index (χ1v) is 8.09. The number of methoxy groups -OCH3 is 2. The van der Waals surface area contributed by atoms with Crippen LogP contribution in [-0.4, -0.2) is 45.7 Å². The van der Waals surface area contributed by atoms with E-state index in [2.05, 4.69) is 10.6 Å². The van der Waals surface area contributed by atoms with Crippen molar-refractivity contribution in [3.05, 3.63) is 54.1 Å². The van der Waals surface area contributed by atoms with E-state index in [0.29, 0.717) is 35.9 Å². The molecule has 0 aliphatic carbocycles. The predicted molar refractivity (Wildman–Crippen MR) is 96.8 cm³/mol. The lowest BCUT2D eigenvalue weighted by molar-refractivity contribution is -0.123. The van der Waals surface area contributed by atoms with Crippen LogP contribution in [0.25, 0.3) is 0 Å². The Kier molecular flexibility index (Phi) is 7.30. The van der Waals surface area contributed by atoms with Gasteiger partial charge in [-0.25, -0.2) is 0 Å². The van der Waals surface area contributed by atoms with Crippen molar-refractivity contribution in [1.82, 2.24) is 10.6 Å². The first kappa shape index (κ1) is 19.1. The summed E-state index contributed by atoms with van der Waals surface area (Å²) in [6.07, 6.45) is 0. The lowest BCUT2D eigenvalue weighted by atomic mass is 10.2. The number of benzene rings is 2. The minimum absolute atomic E-state index is 0.132. The molecule has 26 heavy (non-hydrogen) atoms. The van der Waals surface area contributed by atoms with Gasteiger partial charge >= 0.3 is 0 Å². The number of ether oxygens (including phenoxy) is 3. The zero-order valence-corrected chi connectivity index (χ0v) is 14.8. The van der Waals surface area contributed by atoms with E-state index in [0.717, 1.165) is 0 Å². The Morgan fingerprint density at radius 3 is 2.15 bits per heavy atom. The Labute approximate surface area is 152 Å². The van der Waals surface area contributed by atoms with E-state index in [1.807, 2.05) is 6.07 Å². The third kappa shape index (κ3) is 5.70. The Morgan fingerprint density at radius 1 is 0.846 bits per heavy atom. The van der Waals surface area contributed by atoms with Crippen molar-refractivity contribution in [1.29, 1.82) is 0 Å². The molecule has 0 unspecified atom stereocenters. The van der Waals surface area contributed by atoms with Crippen molar-refractivity contribution in [2.45, 2.75) is 0 Å². The van der Waals surface area contributed by atoms with E-state index in [1.165, 1.54) is 7.11 Å². The van der Waals surface area contributed by atoms with Crippen LogP contribution in [0.4, 0.5) is 0 Å². The van der Waals surface area contributed by atoms with E-state index in [-0.39, 0.29) is 18.4 Å². The molecule has 2 amide bonds. The van der Waals surface area contributed by atoms with Gasteiger partial charge in [-0.15, -0.1) is 0 Å². The number of nitrogens with one attached hydrogen (secondary N) is 2. The van der Waals surface area contributed by atoms with Crippen molar-refractivity contribution in [3.63, 3.8) is 0 Å². The molecule has 0 aromatic heterocycles. The normalized spacial score (nSPS) is 9.92. The molecule has 0 bridgehead atoms. The number of carbonyl (C=O) groups excluding carboxylic acids is 2. The predicted octanol–water partition coefficient (Wildman–Crippen LogP) is 1.63. The molecule has 7 heteroatoms. The molecule has 0 aliphatic rings. The molecule has 0 saturated heterocycles. The number of rotatable bonds is 9.